The highest BCUT2D eigenvalue weighted by atomic mass is 32.2. The van der Waals surface area contributed by atoms with Crippen molar-refractivity contribution in [2.75, 3.05) is 6.61 Å². The summed E-state index contributed by atoms with van der Waals surface area (Å²) in [6.45, 7) is 1.15. The molecule has 14 nitrogen and oxygen atoms in total. The van der Waals surface area contributed by atoms with Crippen LogP contribution in [0.2, 0.25) is 0 Å². The van der Waals surface area contributed by atoms with E-state index < -0.39 is 33.1 Å². The number of thiazole rings is 1. The summed E-state index contributed by atoms with van der Waals surface area (Å²) in [7, 11) is -1.20. The number of carbonyl (C=O) groups is 2. The van der Waals surface area contributed by atoms with E-state index >= 15 is 0 Å². The van der Waals surface area contributed by atoms with Crippen molar-refractivity contribution >= 4 is 54.6 Å². The molecule has 0 aliphatic rings. The number of esters is 1. The Hall–Kier alpha value is -3.89. The number of ether oxygens (including phenoxy) is 1. The van der Waals surface area contributed by atoms with Crippen molar-refractivity contribution < 1.29 is 22.7 Å². The van der Waals surface area contributed by atoms with E-state index in [4.69, 9.17) is 9.88 Å². The molecule has 4 aromatic rings. The lowest BCUT2D eigenvalue weighted by Crippen LogP contribution is -2.37. The normalized spacial score (nSPS) is 12.5. The van der Waals surface area contributed by atoms with Crippen molar-refractivity contribution in [3.8, 4) is 0 Å². The Morgan fingerprint density at radius 1 is 1.17 bits per heavy atom. The Balaban J connectivity index is 1.82. The topological polar surface area (TPSA) is 183 Å². The van der Waals surface area contributed by atoms with Gasteiger partial charge < -0.3 is 13.9 Å². The molecule has 1 amide bonds. The Morgan fingerprint density at radius 3 is 2.56 bits per heavy atom. The smallest absolute Gasteiger partial charge is 0.332 e. The molecule has 0 spiro atoms. The van der Waals surface area contributed by atoms with Gasteiger partial charge in [0.05, 0.1) is 28.0 Å². The van der Waals surface area contributed by atoms with Crippen molar-refractivity contribution in [3.63, 3.8) is 0 Å². The number of hydrogen-bond donors (Lipinski definition) is 1. The van der Waals surface area contributed by atoms with Gasteiger partial charge in [-0.3, -0.25) is 23.5 Å². The second kappa shape index (κ2) is 9.29. The van der Waals surface area contributed by atoms with Gasteiger partial charge in [0.25, 0.3) is 11.5 Å². The summed E-state index contributed by atoms with van der Waals surface area (Å²) in [5.41, 5.74) is -0.558. The molecule has 0 atom stereocenters. The van der Waals surface area contributed by atoms with E-state index in [1.165, 1.54) is 52.3 Å². The predicted molar refractivity (Wildman–Crippen MR) is 129 cm³/mol. The molecule has 2 N–H and O–H groups in total. The highest BCUT2D eigenvalue weighted by Gasteiger charge is 2.18. The minimum Gasteiger partial charge on any atom is -0.465 e. The van der Waals surface area contributed by atoms with Crippen LogP contribution < -0.4 is 21.2 Å². The molecule has 36 heavy (non-hydrogen) atoms. The lowest BCUT2D eigenvalue weighted by Gasteiger charge is -2.06. The lowest BCUT2D eigenvalue weighted by molar-refractivity contribution is -0.143. The van der Waals surface area contributed by atoms with Gasteiger partial charge in [-0.2, -0.15) is 4.99 Å². The first-order valence-corrected chi connectivity index (χ1v) is 12.8. The lowest BCUT2D eigenvalue weighted by atomic mass is 10.3. The van der Waals surface area contributed by atoms with Crippen LogP contribution in [0.4, 0.5) is 0 Å². The van der Waals surface area contributed by atoms with Crippen LogP contribution in [0.25, 0.3) is 21.4 Å². The van der Waals surface area contributed by atoms with E-state index in [0.717, 1.165) is 15.9 Å². The first kappa shape index (κ1) is 25.2. The minimum atomic E-state index is -3.98. The van der Waals surface area contributed by atoms with Gasteiger partial charge in [0, 0.05) is 14.1 Å². The summed E-state index contributed by atoms with van der Waals surface area (Å²) in [6, 6.07) is 4.07. The van der Waals surface area contributed by atoms with Gasteiger partial charge in [0.2, 0.25) is 10.0 Å². The zero-order valence-corrected chi connectivity index (χ0v) is 21.0. The van der Waals surface area contributed by atoms with E-state index in [2.05, 4.69) is 9.98 Å². The second-order valence-corrected chi connectivity index (χ2v) is 10.3. The molecule has 0 fully saturated rings. The number of carbonyl (C=O) groups excluding carboxylic acids is 2. The van der Waals surface area contributed by atoms with Crippen LogP contribution in [0.3, 0.4) is 0 Å². The molecular weight excluding hydrogens is 514 g/mol. The summed E-state index contributed by atoms with van der Waals surface area (Å²) in [6.07, 6.45) is 1.26. The van der Waals surface area contributed by atoms with E-state index in [1.807, 2.05) is 0 Å². The van der Waals surface area contributed by atoms with E-state index in [9.17, 15) is 27.6 Å². The van der Waals surface area contributed by atoms with Gasteiger partial charge in [-0.25, -0.2) is 23.3 Å². The molecule has 0 aliphatic carbocycles. The zero-order chi connectivity index (χ0) is 26.4. The largest absolute Gasteiger partial charge is 0.465 e. The molecule has 16 heteroatoms. The van der Waals surface area contributed by atoms with Gasteiger partial charge in [-0.15, -0.1) is 0 Å². The summed E-state index contributed by atoms with van der Waals surface area (Å²) in [5.74, 6) is -1.26. The molecule has 0 unspecified atom stereocenters. The number of aromatic nitrogens is 5. The van der Waals surface area contributed by atoms with Gasteiger partial charge in [0.15, 0.2) is 16.0 Å². The van der Waals surface area contributed by atoms with E-state index in [0.29, 0.717) is 10.2 Å². The minimum absolute atomic E-state index is 0.0525. The third-order valence-electron chi connectivity index (χ3n) is 5.32. The van der Waals surface area contributed by atoms with Crippen molar-refractivity contribution in [1.29, 1.82) is 0 Å². The van der Waals surface area contributed by atoms with Crippen LogP contribution in [0, 0.1) is 0 Å². The molecule has 0 saturated carbocycles. The van der Waals surface area contributed by atoms with E-state index in [-0.39, 0.29) is 40.6 Å². The fourth-order valence-corrected chi connectivity index (χ4v) is 5.31. The number of nitrogens with two attached hydrogens (primary N) is 1. The number of aryl methyl sites for hydroxylation is 1. The molecule has 0 radical (unpaired) electrons. The molecule has 0 bridgehead atoms. The van der Waals surface area contributed by atoms with Crippen LogP contribution in [0.15, 0.2) is 44.0 Å². The molecule has 0 saturated heterocycles. The zero-order valence-electron chi connectivity index (χ0n) is 19.4. The number of imidazole rings is 1. The molecular formula is C20H21N7O7S2. The number of hydrogen-bond acceptors (Lipinski definition) is 9. The number of sulfonamides is 1. The number of primary sulfonamides is 1. The molecule has 1 aromatic carbocycles. The quantitative estimate of drug-likeness (QED) is 0.298. The number of nitrogens with zero attached hydrogens (tertiary/aromatic N) is 6. The maximum atomic E-state index is 12.9. The van der Waals surface area contributed by atoms with Gasteiger partial charge >= 0.3 is 11.7 Å². The van der Waals surface area contributed by atoms with Crippen LogP contribution >= 0.6 is 11.3 Å². The maximum absolute atomic E-state index is 12.9. The SMILES string of the molecule is CCOC(=O)Cn1c(=NC(=O)Cn2cnc3c2c(=O)n(C)c(=O)n3C)sc2cc(S(N)(=O)=O)ccc21. The third-order valence-corrected chi connectivity index (χ3v) is 7.27. The van der Waals surface area contributed by atoms with Crippen LogP contribution in [-0.4, -0.2) is 50.2 Å². The molecule has 3 heterocycles. The predicted octanol–water partition coefficient (Wildman–Crippen LogP) is -1.21. The van der Waals surface area contributed by atoms with Crippen molar-refractivity contribution in [1.82, 2.24) is 23.3 Å². The average Bonchev–Trinajstić information content (AvgIpc) is 3.37. The van der Waals surface area contributed by atoms with Crippen molar-refractivity contribution in [2.24, 2.45) is 24.2 Å². The summed E-state index contributed by atoms with van der Waals surface area (Å²) >= 11 is 0.980. The highest BCUT2D eigenvalue weighted by molar-refractivity contribution is 7.89. The number of fused-ring (bicyclic) bond motifs is 2. The second-order valence-electron chi connectivity index (χ2n) is 7.71. The van der Waals surface area contributed by atoms with Crippen molar-refractivity contribution in [2.45, 2.75) is 24.9 Å². The number of rotatable bonds is 6. The van der Waals surface area contributed by atoms with Gasteiger partial charge in [0.1, 0.15) is 13.1 Å². The average molecular weight is 536 g/mol. The maximum Gasteiger partial charge on any atom is 0.332 e. The Kier molecular flexibility index (Phi) is 6.50. The van der Waals surface area contributed by atoms with Crippen LogP contribution in [-0.2, 0) is 51.5 Å². The first-order chi connectivity index (χ1) is 16.9. The monoisotopic (exact) mass is 535 g/mol. The summed E-state index contributed by atoms with van der Waals surface area (Å²) in [4.78, 5) is 58.0. The number of amides is 1. The summed E-state index contributed by atoms with van der Waals surface area (Å²) in [5, 5.41) is 5.22. The summed E-state index contributed by atoms with van der Waals surface area (Å²) < 4.78 is 33.8. The first-order valence-electron chi connectivity index (χ1n) is 10.4. The van der Waals surface area contributed by atoms with Gasteiger partial charge in [-0.05, 0) is 25.1 Å². The standard InChI is InChI=1S/C20H21N7O7S2/c1-4-34-15(29)9-27-12-6-5-11(36(21,32)33)7-13(12)35-19(27)23-14(28)8-26-10-22-17-16(26)18(30)25(3)20(31)24(17)2/h5-7,10H,4,8-9H2,1-3H3,(H2,21,32,33). The van der Waals surface area contributed by atoms with Gasteiger partial charge in [-0.1, -0.05) is 11.3 Å². The molecule has 3 aromatic heterocycles. The highest BCUT2D eigenvalue weighted by Crippen LogP contribution is 2.21. The molecule has 0 aliphatic heterocycles. The van der Waals surface area contributed by atoms with Crippen LogP contribution in [0.5, 0.6) is 0 Å². The van der Waals surface area contributed by atoms with Crippen molar-refractivity contribution in [3.05, 3.63) is 50.2 Å². The molecule has 4 rings (SSSR count). The Bertz CT molecular complexity index is 1840. The molecule has 190 valence electrons. The van der Waals surface area contributed by atoms with E-state index in [1.54, 1.807) is 6.92 Å². The third kappa shape index (κ3) is 4.52. The fraction of sp³-hybridized carbons (Fsp3) is 0.300. The fourth-order valence-electron chi connectivity index (χ4n) is 3.61. The Morgan fingerprint density at radius 2 is 1.89 bits per heavy atom. The van der Waals surface area contributed by atoms with Crippen LogP contribution in [0.1, 0.15) is 6.92 Å². The Labute approximate surface area is 206 Å². The number of benzene rings is 1.